The lowest BCUT2D eigenvalue weighted by Gasteiger charge is -2.31. The summed E-state index contributed by atoms with van der Waals surface area (Å²) in [6.07, 6.45) is 1.39. The SMILES string of the molecule is CCOC(=O)C1CCN(C2=NC(c3cc(F)cc(F)c3OCc3ccc(-c4ccc(N)cc4C)cc3C)CS2)CC1. The third-order valence-electron chi connectivity index (χ3n) is 7.69. The number of esters is 1. The number of hydrogen-bond donors (Lipinski definition) is 1. The second kappa shape index (κ2) is 12.5. The van der Waals surface area contributed by atoms with Crippen LogP contribution in [-0.4, -0.2) is 41.5 Å². The third kappa shape index (κ3) is 6.50. The number of nitrogen functional groups attached to an aromatic ring is 1. The van der Waals surface area contributed by atoms with Gasteiger partial charge >= 0.3 is 5.97 Å². The van der Waals surface area contributed by atoms with E-state index in [4.69, 9.17) is 20.2 Å². The fourth-order valence-corrected chi connectivity index (χ4v) is 6.55. The average Bonchev–Trinajstić information content (AvgIpc) is 3.43. The van der Waals surface area contributed by atoms with Gasteiger partial charge in [0.1, 0.15) is 12.4 Å². The lowest BCUT2D eigenvalue weighted by molar-refractivity contribution is -0.149. The van der Waals surface area contributed by atoms with Crippen LogP contribution < -0.4 is 10.5 Å². The number of halogens is 2. The van der Waals surface area contributed by atoms with Gasteiger partial charge in [0, 0.05) is 36.2 Å². The first-order chi connectivity index (χ1) is 19.7. The molecule has 1 atom stereocenters. The van der Waals surface area contributed by atoms with Crippen molar-refractivity contribution in [1.82, 2.24) is 4.90 Å². The zero-order valence-corrected chi connectivity index (χ0v) is 24.4. The summed E-state index contributed by atoms with van der Waals surface area (Å²) in [7, 11) is 0. The summed E-state index contributed by atoms with van der Waals surface area (Å²) in [5, 5.41) is 0.831. The molecule has 2 N–H and O–H groups in total. The van der Waals surface area contributed by atoms with Gasteiger partial charge in [-0.15, -0.1) is 0 Å². The van der Waals surface area contributed by atoms with Crippen LogP contribution in [0, 0.1) is 31.4 Å². The van der Waals surface area contributed by atoms with E-state index in [1.165, 1.54) is 6.07 Å². The molecule has 5 rings (SSSR count). The van der Waals surface area contributed by atoms with Crippen molar-refractivity contribution in [3.63, 3.8) is 0 Å². The summed E-state index contributed by atoms with van der Waals surface area (Å²) >= 11 is 1.56. The second-order valence-electron chi connectivity index (χ2n) is 10.6. The monoisotopic (exact) mass is 579 g/mol. The van der Waals surface area contributed by atoms with E-state index in [0.29, 0.717) is 43.9 Å². The number of benzene rings is 3. The molecule has 41 heavy (non-hydrogen) atoms. The fraction of sp³-hybridized carbons (Fsp3) is 0.375. The quantitative estimate of drug-likeness (QED) is 0.244. The standard InChI is InChI=1S/C32H35F2N3O3S/c1-4-39-31(38)21-9-11-37(12-10-21)32-36-29(18-41-32)27-15-24(33)16-28(34)30(27)40-17-23-6-5-22(13-19(23)2)26-8-7-25(35)14-20(26)3/h5-8,13-16,21,29H,4,9-12,17-18,35H2,1-3H3. The van der Waals surface area contributed by atoms with Gasteiger partial charge in [0.15, 0.2) is 16.7 Å². The molecule has 1 saturated heterocycles. The highest BCUT2D eigenvalue weighted by Gasteiger charge is 2.32. The number of thioether (sulfide) groups is 1. The number of aryl methyl sites for hydroxylation is 2. The Balaban J connectivity index is 1.30. The van der Waals surface area contributed by atoms with Gasteiger partial charge in [-0.05, 0) is 79.6 Å². The summed E-state index contributed by atoms with van der Waals surface area (Å²) in [6.45, 7) is 7.73. The molecule has 3 aromatic carbocycles. The molecule has 2 aliphatic rings. The zero-order chi connectivity index (χ0) is 29.1. The van der Waals surface area contributed by atoms with Crippen LogP contribution in [0.1, 0.15) is 48.1 Å². The first-order valence-electron chi connectivity index (χ1n) is 13.9. The van der Waals surface area contributed by atoms with Crippen molar-refractivity contribution < 1.29 is 23.0 Å². The molecule has 216 valence electrons. The maximum Gasteiger partial charge on any atom is 0.309 e. The normalized spacial score (nSPS) is 17.4. The number of carbonyl (C=O) groups is 1. The van der Waals surface area contributed by atoms with E-state index < -0.39 is 17.7 Å². The van der Waals surface area contributed by atoms with Gasteiger partial charge in [-0.3, -0.25) is 9.79 Å². The molecule has 2 aliphatic heterocycles. The molecule has 0 radical (unpaired) electrons. The van der Waals surface area contributed by atoms with Crippen LogP contribution in [0.15, 0.2) is 53.5 Å². The summed E-state index contributed by atoms with van der Waals surface area (Å²) in [5.41, 5.74) is 12.2. The topological polar surface area (TPSA) is 77.1 Å². The molecule has 0 spiro atoms. The van der Waals surface area contributed by atoms with E-state index in [1.54, 1.807) is 11.8 Å². The van der Waals surface area contributed by atoms with E-state index in [-0.39, 0.29) is 24.2 Å². The molecule has 0 saturated carbocycles. The Labute approximate surface area is 243 Å². The molecule has 0 bridgehead atoms. The largest absolute Gasteiger partial charge is 0.485 e. The van der Waals surface area contributed by atoms with Gasteiger partial charge in [0.25, 0.3) is 0 Å². The molecule has 0 aromatic heterocycles. The molecule has 0 amide bonds. The Morgan fingerprint density at radius 2 is 1.85 bits per heavy atom. The predicted molar refractivity (Wildman–Crippen MR) is 160 cm³/mol. The van der Waals surface area contributed by atoms with E-state index in [9.17, 15) is 9.18 Å². The van der Waals surface area contributed by atoms with Crippen molar-refractivity contribution in [3.05, 3.63) is 82.4 Å². The van der Waals surface area contributed by atoms with Crippen molar-refractivity contribution >= 4 is 28.6 Å². The number of likely N-dealkylation sites (tertiary alicyclic amines) is 1. The highest BCUT2D eigenvalue weighted by Crippen LogP contribution is 2.39. The van der Waals surface area contributed by atoms with Crippen molar-refractivity contribution in [1.29, 1.82) is 0 Å². The summed E-state index contributed by atoms with van der Waals surface area (Å²) < 4.78 is 40.6. The van der Waals surface area contributed by atoms with Gasteiger partial charge in [0.2, 0.25) is 0 Å². The van der Waals surface area contributed by atoms with Crippen LogP contribution in [0.5, 0.6) is 5.75 Å². The Morgan fingerprint density at radius 1 is 1.07 bits per heavy atom. The fourth-order valence-electron chi connectivity index (χ4n) is 5.43. The van der Waals surface area contributed by atoms with E-state index in [0.717, 1.165) is 44.7 Å². The molecular weight excluding hydrogens is 544 g/mol. The molecule has 2 heterocycles. The number of amidine groups is 1. The minimum Gasteiger partial charge on any atom is -0.485 e. The second-order valence-corrected chi connectivity index (χ2v) is 11.5. The number of aliphatic imine (C=N–C) groups is 1. The number of nitrogens with zero attached hydrogens (tertiary/aromatic N) is 2. The van der Waals surface area contributed by atoms with E-state index >= 15 is 4.39 Å². The minimum atomic E-state index is -0.740. The average molecular weight is 580 g/mol. The van der Waals surface area contributed by atoms with Crippen LogP contribution in [0.4, 0.5) is 14.5 Å². The molecule has 1 fully saturated rings. The van der Waals surface area contributed by atoms with Gasteiger partial charge in [-0.2, -0.15) is 0 Å². The van der Waals surface area contributed by atoms with Crippen LogP contribution >= 0.6 is 11.8 Å². The Kier molecular flexibility index (Phi) is 8.82. The van der Waals surface area contributed by atoms with E-state index in [2.05, 4.69) is 11.0 Å². The van der Waals surface area contributed by atoms with Gasteiger partial charge < -0.3 is 20.1 Å². The van der Waals surface area contributed by atoms with Crippen LogP contribution in [-0.2, 0) is 16.1 Å². The van der Waals surface area contributed by atoms with Crippen LogP contribution in [0.3, 0.4) is 0 Å². The van der Waals surface area contributed by atoms with Crippen LogP contribution in [0.2, 0.25) is 0 Å². The Hall–Kier alpha value is -3.59. The number of anilines is 1. The van der Waals surface area contributed by atoms with Crippen LogP contribution in [0.25, 0.3) is 11.1 Å². The minimum absolute atomic E-state index is 0.0286. The van der Waals surface area contributed by atoms with Crippen molar-refractivity contribution in [2.45, 2.75) is 46.3 Å². The van der Waals surface area contributed by atoms with Crippen molar-refractivity contribution in [2.75, 3.05) is 31.2 Å². The maximum absolute atomic E-state index is 15.1. The number of hydrogen-bond acceptors (Lipinski definition) is 7. The zero-order valence-electron chi connectivity index (χ0n) is 23.6. The number of nitrogens with two attached hydrogens (primary N) is 1. The van der Waals surface area contributed by atoms with E-state index in [1.807, 2.05) is 51.1 Å². The molecule has 3 aromatic rings. The van der Waals surface area contributed by atoms with Gasteiger partial charge in [-0.25, -0.2) is 8.78 Å². The first-order valence-corrected chi connectivity index (χ1v) is 14.9. The molecule has 9 heteroatoms. The Bertz CT molecular complexity index is 1470. The molecule has 6 nitrogen and oxygen atoms in total. The first kappa shape index (κ1) is 28.9. The highest BCUT2D eigenvalue weighted by atomic mass is 32.2. The number of piperidine rings is 1. The smallest absolute Gasteiger partial charge is 0.309 e. The van der Waals surface area contributed by atoms with Gasteiger partial charge in [-0.1, -0.05) is 36.0 Å². The molecular formula is C32H35F2N3O3S. The summed E-state index contributed by atoms with van der Waals surface area (Å²) in [5.74, 6) is -1.06. The van der Waals surface area contributed by atoms with Crippen molar-refractivity contribution in [3.8, 4) is 16.9 Å². The molecule has 1 unspecified atom stereocenters. The Morgan fingerprint density at radius 3 is 2.56 bits per heavy atom. The lowest BCUT2D eigenvalue weighted by Crippen LogP contribution is -2.39. The predicted octanol–water partition coefficient (Wildman–Crippen LogP) is 6.83. The third-order valence-corrected chi connectivity index (χ3v) is 8.80. The van der Waals surface area contributed by atoms with Gasteiger partial charge in [0.05, 0.1) is 18.6 Å². The number of carbonyl (C=O) groups excluding carboxylic acids is 1. The highest BCUT2D eigenvalue weighted by molar-refractivity contribution is 8.14. The lowest BCUT2D eigenvalue weighted by atomic mass is 9.96. The maximum atomic E-state index is 15.1. The number of rotatable bonds is 7. The molecule has 0 aliphatic carbocycles. The summed E-state index contributed by atoms with van der Waals surface area (Å²) in [4.78, 5) is 19.1. The summed E-state index contributed by atoms with van der Waals surface area (Å²) in [6, 6.07) is 13.6. The van der Waals surface area contributed by atoms with Crippen molar-refractivity contribution in [2.24, 2.45) is 10.9 Å². The number of ether oxygens (including phenoxy) is 2.